The Morgan fingerprint density at radius 2 is 1.74 bits per heavy atom. The summed E-state index contributed by atoms with van der Waals surface area (Å²) in [5, 5.41) is 0. The Bertz CT molecular complexity index is 362. The number of nitrogens with zero attached hydrogens (tertiary/aromatic N) is 2. The van der Waals surface area contributed by atoms with Gasteiger partial charge in [0.05, 0.1) is 13.2 Å². The molecule has 0 aromatic carbocycles. The molecule has 112 valence electrons. The van der Waals surface area contributed by atoms with Crippen LogP contribution in [0.3, 0.4) is 0 Å². The van der Waals surface area contributed by atoms with E-state index in [0.29, 0.717) is 19.6 Å². The molecular formula is C12H25N3O3S. The van der Waals surface area contributed by atoms with Gasteiger partial charge in [-0.3, -0.25) is 4.90 Å². The molecule has 2 heterocycles. The lowest BCUT2D eigenvalue weighted by molar-refractivity contribution is 0.0213. The van der Waals surface area contributed by atoms with Crippen molar-refractivity contribution in [2.45, 2.75) is 32.2 Å². The van der Waals surface area contributed by atoms with E-state index < -0.39 is 10.2 Å². The smallest absolute Gasteiger partial charge is 0.279 e. The number of hydrogen-bond donors (Lipinski definition) is 1. The van der Waals surface area contributed by atoms with Crippen molar-refractivity contribution < 1.29 is 13.2 Å². The normalized spacial score (nSPS) is 25.3. The van der Waals surface area contributed by atoms with Crippen molar-refractivity contribution in [3.63, 3.8) is 0 Å². The van der Waals surface area contributed by atoms with E-state index in [4.69, 9.17) is 4.74 Å². The van der Waals surface area contributed by atoms with Gasteiger partial charge in [0.25, 0.3) is 10.2 Å². The van der Waals surface area contributed by atoms with E-state index in [0.717, 1.165) is 45.6 Å². The Hall–Kier alpha value is -0.210. The van der Waals surface area contributed by atoms with Gasteiger partial charge in [-0.2, -0.15) is 12.7 Å². The molecule has 0 bridgehead atoms. The summed E-state index contributed by atoms with van der Waals surface area (Å²) in [6, 6.07) is 0.212. The Morgan fingerprint density at radius 3 is 2.37 bits per heavy atom. The lowest BCUT2D eigenvalue weighted by Gasteiger charge is -2.33. The van der Waals surface area contributed by atoms with Crippen LogP contribution in [-0.2, 0) is 14.9 Å². The first kappa shape index (κ1) is 15.2. The van der Waals surface area contributed by atoms with Crippen molar-refractivity contribution in [1.29, 1.82) is 0 Å². The maximum atomic E-state index is 12.1. The summed E-state index contributed by atoms with van der Waals surface area (Å²) < 4.78 is 33.9. The molecule has 2 fully saturated rings. The van der Waals surface area contributed by atoms with Crippen molar-refractivity contribution in [3.8, 4) is 0 Å². The second-order valence-electron chi connectivity index (χ2n) is 5.31. The van der Waals surface area contributed by atoms with Gasteiger partial charge in [0.1, 0.15) is 0 Å². The molecule has 1 atom stereocenters. The molecule has 2 aliphatic heterocycles. The van der Waals surface area contributed by atoms with Crippen LogP contribution in [0.5, 0.6) is 0 Å². The molecule has 0 aliphatic carbocycles. The first-order valence-electron chi connectivity index (χ1n) is 7.16. The van der Waals surface area contributed by atoms with Crippen LogP contribution >= 0.6 is 0 Å². The van der Waals surface area contributed by atoms with Gasteiger partial charge in [-0.25, -0.2) is 4.72 Å². The molecule has 2 saturated heterocycles. The van der Waals surface area contributed by atoms with Crippen LogP contribution in [-0.4, -0.2) is 69.6 Å². The van der Waals surface area contributed by atoms with E-state index in [9.17, 15) is 8.42 Å². The molecule has 0 unspecified atom stereocenters. The highest BCUT2D eigenvalue weighted by molar-refractivity contribution is 7.87. The summed E-state index contributed by atoms with van der Waals surface area (Å²) in [4.78, 5) is 2.27. The van der Waals surface area contributed by atoms with Gasteiger partial charge in [-0.05, 0) is 19.8 Å². The maximum absolute atomic E-state index is 12.1. The second kappa shape index (κ2) is 6.99. The van der Waals surface area contributed by atoms with E-state index in [1.165, 1.54) is 0 Å². The largest absolute Gasteiger partial charge is 0.379 e. The zero-order valence-corrected chi connectivity index (χ0v) is 12.5. The highest BCUT2D eigenvalue weighted by Gasteiger charge is 2.25. The summed E-state index contributed by atoms with van der Waals surface area (Å²) in [7, 11) is -3.29. The molecule has 0 radical (unpaired) electrons. The second-order valence-corrected chi connectivity index (χ2v) is 7.07. The summed E-state index contributed by atoms with van der Waals surface area (Å²) in [6.45, 7) is 7.08. The highest BCUT2D eigenvalue weighted by Crippen LogP contribution is 2.12. The lowest BCUT2D eigenvalue weighted by atomic mass is 10.2. The van der Waals surface area contributed by atoms with E-state index in [1.807, 2.05) is 0 Å². The lowest BCUT2D eigenvalue weighted by Crippen LogP contribution is -2.50. The van der Waals surface area contributed by atoms with Gasteiger partial charge in [0.2, 0.25) is 0 Å². The predicted molar refractivity (Wildman–Crippen MR) is 74.2 cm³/mol. The Kier molecular flexibility index (Phi) is 5.58. The first-order valence-corrected chi connectivity index (χ1v) is 8.60. The van der Waals surface area contributed by atoms with E-state index >= 15 is 0 Å². The third-order valence-corrected chi connectivity index (χ3v) is 5.46. The molecule has 2 aliphatic rings. The minimum absolute atomic E-state index is 0.212. The number of hydrogen-bond acceptors (Lipinski definition) is 4. The first-order chi connectivity index (χ1) is 9.09. The van der Waals surface area contributed by atoms with Gasteiger partial charge in [0.15, 0.2) is 0 Å². The number of ether oxygens (including phenoxy) is 1. The van der Waals surface area contributed by atoms with Crippen molar-refractivity contribution in [2.24, 2.45) is 0 Å². The van der Waals surface area contributed by atoms with E-state index in [-0.39, 0.29) is 6.04 Å². The number of rotatable bonds is 5. The molecule has 1 N–H and O–H groups in total. The Balaban J connectivity index is 1.79. The van der Waals surface area contributed by atoms with Crippen LogP contribution in [0.1, 0.15) is 26.2 Å². The molecule has 0 aromatic rings. The van der Waals surface area contributed by atoms with E-state index in [1.54, 1.807) is 4.31 Å². The zero-order valence-electron chi connectivity index (χ0n) is 11.7. The van der Waals surface area contributed by atoms with Crippen LogP contribution < -0.4 is 4.72 Å². The fourth-order valence-corrected chi connectivity index (χ4v) is 3.94. The fourth-order valence-electron chi connectivity index (χ4n) is 2.57. The molecule has 0 saturated carbocycles. The quantitative estimate of drug-likeness (QED) is 0.776. The molecule has 0 spiro atoms. The average molecular weight is 291 g/mol. The number of nitrogens with one attached hydrogen (secondary N) is 1. The average Bonchev–Trinajstić information content (AvgIpc) is 2.47. The van der Waals surface area contributed by atoms with Crippen molar-refractivity contribution in [3.05, 3.63) is 0 Å². The summed E-state index contributed by atoms with van der Waals surface area (Å²) in [5.41, 5.74) is 0. The van der Waals surface area contributed by atoms with Crippen LogP contribution in [0.4, 0.5) is 0 Å². The zero-order chi connectivity index (χ0) is 13.7. The molecule has 7 heteroatoms. The van der Waals surface area contributed by atoms with Crippen LogP contribution in [0.25, 0.3) is 0 Å². The third-order valence-electron chi connectivity index (χ3n) is 3.89. The minimum atomic E-state index is -3.29. The Morgan fingerprint density at radius 1 is 1.11 bits per heavy atom. The number of morpholine rings is 1. The predicted octanol–water partition coefficient (Wildman–Crippen LogP) is 0.0274. The molecule has 0 amide bonds. The van der Waals surface area contributed by atoms with E-state index in [2.05, 4.69) is 16.5 Å². The summed E-state index contributed by atoms with van der Waals surface area (Å²) in [5.74, 6) is 0. The topological polar surface area (TPSA) is 61.9 Å². The maximum Gasteiger partial charge on any atom is 0.279 e. The van der Waals surface area contributed by atoms with Crippen LogP contribution in [0.2, 0.25) is 0 Å². The van der Waals surface area contributed by atoms with Crippen LogP contribution in [0, 0.1) is 0 Å². The van der Waals surface area contributed by atoms with Gasteiger partial charge in [-0.15, -0.1) is 0 Å². The van der Waals surface area contributed by atoms with Gasteiger partial charge >= 0.3 is 0 Å². The third kappa shape index (κ3) is 4.39. The van der Waals surface area contributed by atoms with Gasteiger partial charge in [-0.1, -0.05) is 6.42 Å². The molecular weight excluding hydrogens is 266 g/mol. The molecule has 2 rings (SSSR count). The molecule has 0 aromatic heterocycles. The van der Waals surface area contributed by atoms with Gasteiger partial charge in [0, 0.05) is 38.8 Å². The van der Waals surface area contributed by atoms with Gasteiger partial charge < -0.3 is 4.74 Å². The Labute approximate surface area is 116 Å². The SMILES string of the molecule is C[C@@H](CNS(=O)(=O)N1CCCCC1)N1CCOCC1. The summed E-state index contributed by atoms with van der Waals surface area (Å²) in [6.07, 6.45) is 3.08. The standard InChI is InChI=1S/C12H25N3O3S/c1-12(14-7-9-18-10-8-14)11-13-19(16,17)15-5-3-2-4-6-15/h12-13H,2-11H2,1H3/t12-/m0/s1. The highest BCUT2D eigenvalue weighted by atomic mass is 32.2. The number of piperidine rings is 1. The van der Waals surface area contributed by atoms with Crippen molar-refractivity contribution in [1.82, 2.24) is 13.9 Å². The minimum Gasteiger partial charge on any atom is -0.379 e. The van der Waals surface area contributed by atoms with Crippen molar-refractivity contribution >= 4 is 10.2 Å². The molecule has 6 nitrogen and oxygen atoms in total. The van der Waals surface area contributed by atoms with Crippen LogP contribution in [0.15, 0.2) is 0 Å². The summed E-state index contributed by atoms with van der Waals surface area (Å²) >= 11 is 0. The molecule has 19 heavy (non-hydrogen) atoms. The van der Waals surface area contributed by atoms with Crippen molar-refractivity contribution in [2.75, 3.05) is 45.9 Å². The fraction of sp³-hybridized carbons (Fsp3) is 1.00. The monoisotopic (exact) mass is 291 g/mol.